The fraction of sp³-hybridized carbons (Fsp3) is 0.154. The maximum atomic E-state index is 12.7. The molecule has 0 spiro atoms. The first kappa shape index (κ1) is 12.5. The van der Waals surface area contributed by atoms with Crippen LogP contribution in [0.4, 0.5) is 4.39 Å². The van der Waals surface area contributed by atoms with E-state index in [-0.39, 0.29) is 11.6 Å². The van der Waals surface area contributed by atoms with Gasteiger partial charge in [-0.3, -0.25) is 4.79 Å². The van der Waals surface area contributed by atoms with Crippen LogP contribution in [0.2, 0.25) is 0 Å². The maximum absolute atomic E-state index is 12.7. The van der Waals surface area contributed by atoms with Crippen LogP contribution in [0.3, 0.4) is 0 Å². The van der Waals surface area contributed by atoms with Crippen molar-refractivity contribution in [3.8, 4) is 0 Å². The molecular weight excluding hydrogens is 303 g/mol. The van der Waals surface area contributed by atoms with E-state index in [4.69, 9.17) is 0 Å². The molecule has 0 saturated carbocycles. The highest BCUT2D eigenvalue weighted by atomic mass is 79.9. The molecule has 17 heavy (non-hydrogen) atoms. The molecular formula is C13H10BrFOS. The Labute approximate surface area is 111 Å². The lowest BCUT2D eigenvalue weighted by Crippen LogP contribution is -2.00. The Morgan fingerprint density at radius 1 is 1.35 bits per heavy atom. The SMILES string of the molecule is Cc1sc(C(=O)Cc2ccc(F)cc2)cc1Br. The number of benzene rings is 1. The van der Waals surface area contributed by atoms with Crippen LogP contribution in [0.25, 0.3) is 0 Å². The van der Waals surface area contributed by atoms with Crippen LogP contribution < -0.4 is 0 Å². The molecule has 0 aliphatic rings. The van der Waals surface area contributed by atoms with Crippen molar-refractivity contribution >= 4 is 33.0 Å². The molecule has 88 valence electrons. The standard InChI is InChI=1S/C13H10BrFOS/c1-8-11(14)7-13(17-8)12(16)6-9-2-4-10(15)5-3-9/h2-5,7H,6H2,1H3. The summed E-state index contributed by atoms with van der Waals surface area (Å²) < 4.78 is 13.7. The zero-order valence-corrected chi connectivity index (χ0v) is 11.6. The van der Waals surface area contributed by atoms with Gasteiger partial charge in [0.1, 0.15) is 5.82 Å². The van der Waals surface area contributed by atoms with Gasteiger partial charge in [-0.15, -0.1) is 11.3 Å². The van der Waals surface area contributed by atoms with Crippen LogP contribution in [0, 0.1) is 12.7 Å². The van der Waals surface area contributed by atoms with E-state index in [0.717, 1.165) is 19.8 Å². The van der Waals surface area contributed by atoms with Crippen molar-refractivity contribution in [3.63, 3.8) is 0 Å². The smallest absolute Gasteiger partial charge is 0.177 e. The molecule has 1 heterocycles. The van der Waals surface area contributed by atoms with Crippen LogP contribution in [0.15, 0.2) is 34.8 Å². The van der Waals surface area contributed by atoms with Crippen molar-refractivity contribution in [3.05, 3.63) is 55.9 Å². The number of carbonyl (C=O) groups excluding carboxylic acids is 1. The monoisotopic (exact) mass is 312 g/mol. The summed E-state index contributed by atoms with van der Waals surface area (Å²) in [6.45, 7) is 1.96. The highest BCUT2D eigenvalue weighted by molar-refractivity contribution is 9.10. The molecule has 0 N–H and O–H groups in total. The zero-order chi connectivity index (χ0) is 12.4. The average Bonchev–Trinajstić information content (AvgIpc) is 2.63. The number of hydrogen-bond donors (Lipinski definition) is 0. The van der Waals surface area contributed by atoms with Crippen LogP contribution in [-0.4, -0.2) is 5.78 Å². The second kappa shape index (κ2) is 5.10. The number of aryl methyl sites for hydroxylation is 1. The molecule has 2 aromatic rings. The van der Waals surface area contributed by atoms with Crippen molar-refractivity contribution in [2.24, 2.45) is 0 Å². The molecule has 1 aromatic carbocycles. The van der Waals surface area contributed by atoms with E-state index >= 15 is 0 Å². The molecule has 0 aliphatic carbocycles. The molecule has 0 radical (unpaired) electrons. The lowest BCUT2D eigenvalue weighted by molar-refractivity contribution is 0.0997. The van der Waals surface area contributed by atoms with Gasteiger partial charge in [-0.2, -0.15) is 0 Å². The predicted octanol–water partition coefficient (Wildman–Crippen LogP) is 4.38. The minimum absolute atomic E-state index is 0.0652. The van der Waals surface area contributed by atoms with Crippen molar-refractivity contribution in [1.29, 1.82) is 0 Å². The minimum Gasteiger partial charge on any atom is -0.293 e. The fourth-order valence-electron chi connectivity index (χ4n) is 1.47. The average molecular weight is 313 g/mol. The first-order valence-corrected chi connectivity index (χ1v) is 6.71. The number of thiophene rings is 1. The molecule has 0 fully saturated rings. The van der Waals surface area contributed by atoms with Gasteiger partial charge in [0.05, 0.1) is 4.88 Å². The third-order valence-corrected chi connectivity index (χ3v) is 4.59. The normalized spacial score (nSPS) is 10.5. The lowest BCUT2D eigenvalue weighted by atomic mass is 10.1. The summed E-state index contributed by atoms with van der Waals surface area (Å²) in [6, 6.07) is 7.87. The zero-order valence-electron chi connectivity index (χ0n) is 9.17. The third kappa shape index (κ3) is 3.01. The summed E-state index contributed by atoms with van der Waals surface area (Å²) in [4.78, 5) is 13.8. The molecule has 0 saturated heterocycles. The van der Waals surface area contributed by atoms with E-state index in [0.29, 0.717) is 6.42 Å². The molecule has 2 rings (SSSR count). The first-order valence-electron chi connectivity index (χ1n) is 5.10. The molecule has 1 aromatic heterocycles. The van der Waals surface area contributed by atoms with E-state index in [2.05, 4.69) is 15.9 Å². The van der Waals surface area contributed by atoms with Gasteiger partial charge in [0.15, 0.2) is 5.78 Å². The summed E-state index contributed by atoms with van der Waals surface area (Å²) in [6.07, 6.45) is 0.312. The molecule has 0 atom stereocenters. The van der Waals surface area contributed by atoms with Crippen molar-refractivity contribution < 1.29 is 9.18 Å². The molecule has 0 amide bonds. The number of Topliss-reactive ketones (excluding diaryl/α,β-unsaturated/α-hetero) is 1. The topological polar surface area (TPSA) is 17.1 Å². The Kier molecular flexibility index (Phi) is 3.74. The minimum atomic E-state index is -0.282. The number of hydrogen-bond acceptors (Lipinski definition) is 2. The van der Waals surface area contributed by atoms with Gasteiger partial charge in [0.25, 0.3) is 0 Å². The number of ketones is 1. The van der Waals surface area contributed by atoms with Crippen molar-refractivity contribution in [1.82, 2.24) is 0 Å². The van der Waals surface area contributed by atoms with Gasteiger partial charge < -0.3 is 0 Å². The molecule has 4 heteroatoms. The van der Waals surface area contributed by atoms with E-state index < -0.39 is 0 Å². The second-order valence-corrected chi connectivity index (χ2v) is 5.85. The van der Waals surface area contributed by atoms with Crippen LogP contribution in [0.5, 0.6) is 0 Å². The summed E-state index contributed by atoms with van der Waals surface area (Å²) >= 11 is 4.86. The number of halogens is 2. The first-order chi connectivity index (χ1) is 8.06. The number of carbonyl (C=O) groups is 1. The molecule has 0 bridgehead atoms. The Bertz CT molecular complexity index is 526. The van der Waals surface area contributed by atoms with Gasteiger partial charge in [0, 0.05) is 15.8 Å². The molecule has 0 aliphatic heterocycles. The van der Waals surface area contributed by atoms with E-state index in [9.17, 15) is 9.18 Å². The van der Waals surface area contributed by atoms with E-state index in [1.54, 1.807) is 12.1 Å². The quantitative estimate of drug-likeness (QED) is 0.768. The Morgan fingerprint density at radius 2 is 2.00 bits per heavy atom. The molecule has 0 unspecified atom stereocenters. The second-order valence-electron chi connectivity index (χ2n) is 3.74. The summed E-state index contributed by atoms with van der Waals surface area (Å²) in [5, 5.41) is 0. The van der Waals surface area contributed by atoms with Crippen LogP contribution in [0.1, 0.15) is 20.1 Å². The highest BCUT2D eigenvalue weighted by Gasteiger charge is 2.11. The Balaban J connectivity index is 2.14. The van der Waals surface area contributed by atoms with Crippen LogP contribution >= 0.6 is 27.3 Å². The van der Waals surface area contributed by atoms with E-state index in [1.165, 1.54) is 23.5 Å². The van der Waals surface area contributed by atoms with Gasteiger partial charge in [-0.1, -0.05) is 12.1 Å². The molecule has 1 nitrogen and oxygen atoms in total. The summed E-state index contributed by atoms with van der Waals surface area (Å²) in [5.74, 6) is -0.216. The summed E-state index contributed by atoms with van der Waals surface area (Å²) in [5.41, 5.74) is 0.832. The van der Waals surface area contributed by atoms with Gasteiger partial charge in [-0.25, -0.2) is 4.39 Å². The van der Waals surface area contributed by atoms with Crippen molar-refractivity contribution in [2.75, 3.05) is 0 Å². The van der Waals surface area contributed by atoms with Gasteiger partial charge >= 0.3 is 0 Å². The Hall–Kier alpha value is -1.000. The maximum Gasteiger partial charge on any atom is 0.177 e. The summed E-state index contributed by atoms with van der Waals surface area (Å²) in [7, 11) is 0. The lowest BCUT2D eigenvalue weighted by Gasteiger charge is -1.98. The number of rotatable bonds is 3. The van der Waals surface area contributed by atoms with Crippen LogP contribution in [-0.2, 0) is 6.42 Å². The largest absolute Gasteiger partial charge is 0.293 e. The van der Waals surface area contributed by atoms with Gasteiger partial charge in [0.2, 0.25) is 0 Å². The fourth-order valence-corrected chi connectivity index (χ4v) is 2.94. The third-order valence-electron chi connectivity index (χ3n) is 2.41. The Morgan fingerprint density at radius 3 is 2.53 bits per heavy atom. The van der Waals surface area contributed by atoms with Gasteiger partial charge in [-0.05, 0) is 46.6 Å². The predicted molar refractivity (Wildman–Crippen MR) is 71.2 cm³/mol. The van der Waals surface area contributed by atoms with Crippen molar-refractivity contribution in [2.45, 2.75) is 13.3 Å². The highest BCUT2D eigenvalue weighted by Crippen LogP contribution is 2.27. The van der Waals surface area contributed by atoms with E-state index in [1.807, 2.05) is 13.0 Å².